The van der Waals surface area contributed by atoms with Gasteiger partial charge in [0.15, 0.2) is 0 Å². The quantitative estimate of drug-likeness (QED) is 0.132. The molecule has 1 amide bonds. The molecule has 10 nitrogen and oxygen atoms in total. The lowest BCUT2D eigenvalue weighted by molar-refractivity contribution is -0.385. The Morgan fingerprint density at radius 1 is 0.972 bits per heavy atom. The van der Waals surface area contributed by atoms with Crippen molar-refractivity contribution in [2.45, 2.75) is 6.61 Å². The predicted octanol–water partition coefficient (Wildman–Crippen LogP) is 6.59. The van der Waals surface area contributed by atoms with Gasteiger partial charge < -0.3 is 4.74 Å². The van der Waals surface area contributed by atoms with Gasteiger partial charge in [-0.05, 0) is 79.4 Å². The van der Waals surface area contributed by atoms with E-state index in [-0.39, 0.29) is 18.0 Å². The number of nitrogens with one attached hydrogen (secondary N) is 1. The lowest BCUT2D eigenvalue weighted by atomic mass is 10.2. The fourth-order valence-electron chi connectivity index (χ4n) is 3.14. The third-order valence-electron chi connectivity index (χ3n) is 4.87. The number of fused-ring (bicyclic) bond motifs is 1. The minimum absolute atomic E-state index is 0.00757. The van der Waals surface area contributed by atoms with Crippen LogP contribution in [0.5, 0.6) is 5.75 Å². The van der Waals surface area contributed by atoms with E-state index in [2.05, 4.69) is 42.4 Å². The number of carbonyl (C=O) groups excluding carboxylic acids is 1. The summed E-state index contributed by atoms with van der Waals surface area (Å²) in [5.41, 5.74) is 3.86. The molecule has 1 aromatic heterocycles. The second-order valence-corrected chi connectivity index (χ2v) is 10.1. The van der Waals surface area contributed by atoms with Crippen molar-refractivity contribution in [3.63, 3.8) is 0 Å². The van der Waals surface area contributed by atoms with Crippen LogP contribution < -0.4 is 10.2 Å². The minimum atomic E-state index is -0.483. The first-order valence-corrected chi connectivity index (χ1v) is 12.5. The summed E-state index contributed by atoms with van der Waals surface area (Å²) in [6.07, 6.45) is 1.46. The minimum Gasteiger partial charge on any atom is -0.487 e. The number of nitro groups is 2. The fourth-order valence-corrected chi connectivity index (χ4v) is 5.52. The van der Waals surface area contributed by atoms with Gasteiger partial charge in [0.25, 0.3) is 17.3 Å². The Kier molecular flexibility index (Phi) is 7.72. The van der Waals surface area contributed by atoms with Crippen LogP contribution in [-0.4, -0.2) is 22.0 Å². The van der Waals surface area contributed by atoms with Gasteiger partial charge in [0.2, 0.25) is 0 Å². The highest BCUT2D eigenvalue weighted by Gasteiger charge is 2.14. The Bertz CT molecular complexity index is 1500. The number of rotatable bonds is 8. The molecule has 0 aliphatic heterocycles. The van der Waals surface area contributed by atoms with E-state index in [0.717, 1.165) is 10.3 Å². The molecule has 4 rings (SSSR count). The summed E-state index contributed by atoms with van der Waals surface area (Å²) in [5.74, 6) is 0.102. The third-order valence-corrected chi connectivity index (χ3v) is 7.16. The normalized spacial score (nSPS) is 11.1. The number of hydrazone groups is 1. The number of nitrogens with zero attached hydrogens (tertiary/aromatic N) is 3. The van der Waals surface area contributed by atoms with Crippen LogP contribution in [0.4, 0.5) is 11.4 Å². The van der Waals surface area contributed by atoms with E-state index >= 15 is 0 Å². The molecule has 0 unspecified atom stereocenters. The zero-order valence-electron chi connectivity index (χ0n) is 18.0. The summed E-state index contributed by atoms with van der Waals surface area (Å²) >= 11 is 8.12. The summed E-state index contributed by atoms with van der Waals surface area (Å²) in [6, 6.07) is 15.6. The van der Waals surface area contributed by atoms with Crippen LogP contribution in [-0.2, 0) is 6.61 Å². The molecule has 0 bridgehead atoms. The van der Waals surface area contributed by atoms with Gasteiger partial charge in [0, 0.05) is 34.4 Å². The van der Waals surface area contributed by atoms with E-state index < -0.39 is 15.8 Å². The van der Waals surface area contributed by atoms with Gasteiger partial charge in [-0.15, -0.1) is 11.3 Å². The smallest absolute Gasteiger partial charge is 0.281 e. The zero-order chi connectivity index (χ0) is 25.8. The fraction of sp³-hybridized carbons (Fsp3) is 0.0435. The lowest BCUT2D eigenvalue weighted by Crippen LogP contribution is -2.16. The Morgan fingerprint density at radius 3 is 2.25 bits per heavy atom. The SMILES string of the molecule is O=C(N/N=C\c1cc(Br)c(OCc2ccc([N+](=O)[O-])cc2)c(Br)c1)c1cc2cc([N+](=O)[O-])ccc2s1. The molecule has 1 N–H and O–H groups in total. The van der Waals surface area contributed by atoms with Crippen molar-refractivity contribution in [2.75, 3.05) is 0 Å². The van der Waals surface area contributed by atoms with Crippen molar-refractivity contribution < 1.29 is 19.4 Å². The lowest BCUT2D eigenvalue weighted by Gasteiger charge is -2.11. The van der Waals surface area contributed by atoms with Crippen LogP contribution in [0.25, 0.3) is 10.1 Å². The van der Waals surface area contributed by atoms with Gasteiger partial charge >= 0.3 is 0 Å². The van der Waals surface area contributed by atoms with E-state index in [4.69, 9.17) is 4.74 Å². The van der Waals surface area contributed by atoms with Crippen molar-refractivity contribution in [2.24, 2.45) is 5.10 Å². The van der Waals surface area contributed by atoms with E-state index in [9.17, 15) is 25.0 Å². The second kappa shape index (κ2) is 10.9. The molecular formula is C23H14Br2N4O6S. The topological polar surface area (TPSA) is 137 Å². The molecular weight excluding hydrogens is 620 g/mol. The number of hydrogen-bond acceptors (Lipinski definition) is 8. The first-order chi connectivity index (χ1) is 17.2. The molecule has 0 radical (unpaired) electrons. The summed E-state index contributed by atoms with van der Waals surface area (Å²) in [4.78, 5) is 33.6. The molecule has 0 saturated carbocycles. The second-order valence-electron chi connectivity index (χ2n) is 7.31. The van der Waals surface area contributed by atoms with Crippen LogP contribution >= 0.6 is 43.2 Å². The van der Waals surface area contributed by atoms with Crippen molar-refractivity contribution in [3.8, 4) is 5.75 Å². The van der Waals surface area contributed by atoms with Gasteiger partial charge in [-0.2, -0.15) is 5.10 Å². The highest BCUT2D eigenvalue weighted by molar-refractivity contribution is 9.11. The molecule has 0 atom stereocenters. The van der Waals surface area contributed by atoms with Crippen molar-refractivity contribution in [1.29, 1.82) is 0 Å². The first-order valence-electron chi connectivity index (χ1n) is 10.1. The maximum Gasteiger partial charge on any atom is 0.281 e. The number of halogens is 2. The predicted molar refractivity (Wildman–Crippen MR) is 143 cm³/mol. The van der Waals surface area contributed by atoms with Crippen LogP contribution in [0.15, 0.2) is 74.7 Å². The van der Waals surface area contributed by atoms with E-state index in [0.29, 0.717) is 30.5 Å². The number of ether oxygens (including phenoxy) is 1. The number of amides is 1. The number of non-ortho nitro benzene ring substituents is 2. The monoisotopic (exact) mass is 632 g/mol. The van der Waals surface area contributed by atoms with Crippen molar-refractivity contribution >= 4 is 76.8 Å². The highest BCUT2D eigenvalue weighted by Crippen LogP contribution is 2.35. The largest absolute Gasteiger partial charge is 0.487 e. The van der Waals surface area contributed by atoms with Crippen LogP contribution in [0.3, 0.4) is 0 Å². The number of carbonyl (C=O) groups is 1. The number of hydrogen-bond donors (Lipinski definition) is 1. The zero-order valence-corrected chi connectivity index (χ0v) is 22.0. The molecule has 4 aromatic rings. The van der Waals surface area contributed by atoms with Gasteiger partial charge in [-0.25, -0.2) is 5.43 Å². The van der Waals surface area contributed by atoms with Gasteiger partial charge in [0.05, 0.1) is 29.9 Å². The summed E-state index contributed by atoms with van der Waals surface area (Å²) in [7, 11) is 0. The summed E-state index contributed by atoms with van der Waals surface area (Å²) < 4.78 is 7.87. The van der Waals surface area contributed by atoms with Crippen LogP contribution in [0.2, 0.25) is 0 Å². The van der Waals surface area contributed by atoms with Crippen molar-refractivity contribution in [3.05, 3.63) is 106 Å². The Balaban J connectivity index is 1.39. The molecule has 0 aliphatic rings. The highest BCUT2D eigenvalue weighted by atomic mass is 79.9. The maximum absolute atomic E-state index is 12.5. The molecule has 1 heterocycles. The Hall–Kier alpha value is -3.68. The molecule has 3 aromatic carbocycles. The van der Waals surface area contributed by atoms with Gasteiger partial charge in [-0.3, -0.25) is 25.0 Å². The molecule has 0 fully saturated rings. The summed E-state index contributed by atoms with van der Waals surface area (Å²) in [6.45, 7) is 0.205. The first kappa shape index (κ1) is 25.4. The third kappa shape index (κ3) is 5.93. The molecule has 0 aliphatic carbocycles. The molecule has 0 saturated heterocycles. The van der Waals surface area contributed by atoms with Crippen LogP contribution in [0, 0.1) is 20.2 Å². The Labute approximate surface area is 224 Å². The summed E-state index contributed by atoms with van der Waals surface area (Å²) in [5, 5.41) is 26.3. The number of thiophene rings is 1. The van der Waals surface area contributed by atoms with E-state index in [1.54, 1.807) is 36.4 Å². The number of benzene rings is 3. The molecule has 182 valence electrons. The van der Waals surface area contributed by atoms with Gasteiger partial charge in [0.1, 0.15) is 12.4 Å². The van der Waals surface area contributed by atoms with Gasteiger partial charge in [-0.1, -0.05) is 0 Å². The average molecular weight is 634 g/mol. The number of nitro benzene ring substituents is 2. The molecule has 36 heavy (non-hydrogen) atoms. The van der Waals surface area contributed by atoms with Crippen molar-refractivity contribution in [1.82, 2.24) is 5.43 Å². The van der Waals surface area contributed by atoms with Crippen LogP contribution in [0.1, 0.15) is 20.8 Å². The van der Waals surface area contributed by atoms with E-state index in [1.165, 1.54) is 41.8 Å². The molecule has 0 spiro atoms. The van der Waals surface area contributed by atoms with E-state index in [1.807, 2.05) is 0 Å². The Morgan fingerprint density at radius 2 is 1.61 bits per heavy atom. The average Bonchev–Trinajstić information content (AvgIpc) is 3.27. The maximum atomic E-state index is 12.5. The standard InChI is InChI=1S/C23H14Br2N4O6S/c24-18-7-14(8-19(25)22(18)35-12-13-1-3-16(4-2-13)28(31)32)11-26-27-23(30)21-10-15-9-17(29(33)34)5-6-20(15)36-21/h1-11H,12H2,(H,27,30)/b26-11-. The molecule has 13 heteroatoms.